The fourth-order valence-corrected chi connectivity index (χ4v) is 1.91. The van der Waals surface area contributed by atoms with Crippen molar-refractivity contribution in [3.63, 3.8) is 0 Å². The van der Waals surface area contributed by atoms with Gasteiger partial charge in [-0.1, -0.05) is 6.07 Å². The lowest BCUT2D eigenvalue weighted by Crippen LogP contribution is -1.93. The predicted molar refractivity (Wildman–Crippen MR) is 63.5 cm³/mol. The Labute approximate surface area is 94.2 Å². The maximum atomic E-state index is 9.78. The number of ether oxygens (including phenoxy) is 2. The maximum absolute atomic E-state index is 9.78. The Morgan fingerprint density at radius 2 is 1.75 bits per heavy atom. The van der Waals surface area contributed by atoms with E-state index in [1.165, 1.54) is 0 Å². The molecule has 2 aromatic rings. The average Bonchev–Trinajstić information content (AvgIpc) is 2.32. The smallest absolute Gasteiger partial charge is 0.168 e. The molecule has 1 N–H and O–H groups in total. The van der Waals surface area contributed by atoms with Gasteiger partial charge in [-0.25, -0.2) is 0 Å². The second-order valence-electron chi connectivity index (χ2n) is 3.63. The monoisotopic (exact) mass is 218 g/mol. The molecule has 0 heterocycles. The molecule has 0 saturated heterocycles. The number of fused-ring (bicyclic) bond motifs is 1. The number of aryl methyl sites for hydroxylation is 1. The van der Waals surface area contributed by atoms with E-state index in [9.17, 15) is 5.11 Å². The molecule has 0 aliphatic carbocycles. The number of rotatable bonds is 2. The molecule has 0 radical (unpaired) electrons. The normalized spacial score (nSPS) is 10.4. The number of hydrogen-bond acceptors (Lipinski definition) is 3. The van der Waals surface area contributed by atoms with Crippen LogP contribution >= 0.6 is 0 Å². The van der Waals surface area contributed by atoms with Gasteiger partial charge in [0.05, 0.1) is 14.2 Å². The van der Waals surface area contributed by atoms with Gasteiger partial charge in [0.1, 0.15) is 5.75 Å². The van der Waals surface area contributed by atoms with E-state index in [4.69, 9.17) is 9.47 Å². The van der Waals surface area contributed by atoms with Crippen molar-refractivity contribution < 1.29 is 14.6 Å². The number of benzene rings is 2. The topological polar surface area (TPSA) is 38.7 Å². The fourth-order valence-electron chi connectivity index (χ4n) is 1.91. The lowest BCUT2D eigenvalue weighted by Gasteiger charge is -2.13. The maximum Gasteiger partial charge on any atom is 0.168 e. The number of methoxy groups -OCH3 is 2. The molecule has 16 heavy (non-hydrogen) atoms. The van der Waals surface area contributed by atoms with Gasteiger partial charge in [0.2, 0.25) is 0 Å². The van der Waals surface area contributed by atoms with E-state index in [0.29, 0.717) is 11.5 Å². The van der Waals surface area contributed by atoms with Gasteiger partial charge in [-0.15, -0.1) is 0 Å². The highest BCUT2D eigenvalue weighted by Gasteiger charge is 2.12. The van der Waals surface area contributed by atoms with Crippen molar-refractivity contribution in [3.8, 4) is 17.2 Å². The van der Waals surface area contributed by atoms with Crippen LogP contribution in [0.3, 0.4) is 0 Å². The molecule has 0 amide bonds. The summed E-state index contributed by atoms with van der Waals surface area (Å²) in [6.07, 6.45) is 0. The fraction of sp³-hybridized carbons (Fsp3) is 0.231. The first-order valence-corrected chi connectivity index (χ1v) is 5.02. The molecule has 0 unspecified atom stereocenters. The summed E-state index contributed by atoms with van der Waals surface area (Å²) >= 11 is 0. The molecular formula is C13H14O3. The predicted octanol–water partition coefficient (Wildman–Crippen LogP) is 2.87. The molecule has 0 saturated carbocycles. The summed E-state index contributed by atoms with van der Waals surface area (Å²) in [6.45, 7) is 1.98. The zero-order valence-electron chi connectivity index (χ0n) is 9.57. The first kappa shape index (κ1) is 10.6. The molecule has 0 bridgehead atoms. The summed E-state index contributed by atoms with van der Waals surface area (Å²) in [5, 5.41) is 11.4. The standard InChI is InChI=1S/C13H14O3/c1-8-4-6-10(14)9-5-7-11(15-2)13(16-3)12(8)9/h4-7,14H,1-3H3. The van der Waals surface area contributed by atoms with Crippen LogP contribution in [0.4, 0.5) is 0 Å². The zero-order chi connectivity index (χ0) is 11.7. The molecule has 0 aliphatic heterocycles. The molecule has 0 spiro atoms. The van der Waals surface area contributed by atoms with Crippen LogP contribution in [0.25, 0.3) is 10.8 Å². The van der Waals surface area contributed by atoms with Crippen molar-refractivity contribution >= 4 is 10.8 Å². The summed E-state index contributed by atoms with van der Waals surface area (Å²) in [5.41, 5.74) is 1.04. The minimum absolute atomic E-state index is 0.251. The van der Waals surface area contributed by atoms with Gasteiger partial charge < -0.3 is 14.6 Å². The third kappa shape index (κ3) is 1.45. The third-order valence-electron chi connectivity index (χ3n) is 2.71. The van der Waals surface area contributed by atoms with E-state index in [1.54, 1.807) is 26.4 Å². The highest BCUT2D eigenvalue weighted by atomic mass is 16.5. The molecule has 3 nitrogen and oxygen atoms in total. The molecule has 0 aliphatic rings. The van der Waals surface area contributed by atoms with E-state index in [1.807, 2.05) is 19.1 Å². The summed E-state index contributed by atoms with van der Waals surface area (Å²) in [7, 11) is 3.20. The zero-order valence-corrected chi connectivity index (χ0v) is 9.57. The van der Waals surface area contributed by atoms with Crippen molar-refractivity contribution in [2.75, 3.05) is 14.2 Å². The minimum atomic E-state index is 0.251. The Morgan fingerprint density at radius 3 is 2.38 bits per heavy atom. The van der Waals surface area contributed by atoms with Crippen molar-refractivity contribution in [1.82, 2.24) is 0 Å². The Morgan fingerprint density at radius 1 is 1.00 bits per heavy atom. The van der Waals surface area contributed by atoms with Crippen LogP contribution in [0.2, 0.25) is 0 Å². The highest BCUT2D eigenvalue weighted by molar-refractivity contribution is 5.97. The van der Waals surface area contributed by atoms with Gasteiger partial charge in [-0.05, 0) is 30.7 Å². The van der Waals surface area contributed by atoms with Crippen LogP contribution in [0.1, 0.15) is 5.56 Å². The van der Waals surface area contributed by atoms with Crippen molar-refractivity contribution in [2.24, 2.45) is 0 Å². The molecule has 2 rings (SSSR count). The average molecular weight is 218 g/mol. The quantitative estimate of drug-likeness (QED) is 0.842. The van der Waals surface area contributed by atoms with Gasteiger partial charge >= 0.3 is 0 Å². The SMILES string of the molecule is COc1ccc2c(O)ccc(C)c2c1OC. The van der Waals surface area contributed by atoms with Crippen LogP contribution in [-0.2, 0) is 0 Å². The van der Waals surface area contributed by atoms with E-state index in [0.717, 1.165) is 16.3 Å². The summed E-state index contributed by atoms with van der Waals surface area (Å²) in [5.74, 6) is 1.58. The van der Waals surface area contributed by atoms with E-state index in [2.05, 4.69) is 0 Å². The highest BCUT2D eigenvalue weighted by Crippen LogP contribution is 2.40. The van der Waals surface area contributed by atoms with Crippen LogP contribution in [-0.4, -0.2) is 19.3 Å². The molecule has 0 aromatic heterocycles. The summed E-state index contributed by atoms with van der Waals surface area (Å²) in [4.78, 5) is 0. The van der Waals surface area contributed by atoms with Crippen LogP contribution in [0.5, 0.6) is 17.2 Å². The van der Waals surface area contributed by atoms with Crippen molar-refractivity contribution in [2.45, 2.75) is 6.92 Å². The van der Waals surface area contributed by atoms with Gasteiger partial charge in [0.15, 0.2) is 11.5 Å². The number of phenols is 1. The molecule has 0 fully saturated rings. The van der Waals surface area contributed by atoms with Crippen molar-refractivity contribution in [3.05, 3.63) is 29.8 Å². The molecular weight excluding hydrogens is 204 g/mol. The minimum Gasteiger partial charge on any atom is -0.507 e. The van der Waals surface area contributed by atoms with Gasteiger partial charge in [0.25, 0.3) is 0 Å². The van der Waals surface area contributed by atoms with Crippen molar-refractivity contribution in [1.29, 1.82) is 0 Å². The molecule has 2 aromatic carbocycles. The largest absolute Gasteiger partial charge is 0.507 e. The Hall–Kier alpha value is -1.90. The Bertz CT molecular complexity index is 532. The summed E-state index contributed by atoms with van der Waals surface area (Å²) in [6, 6.07) is 7.17. The van der Waals surface area contributed by atoms with E-state index in [-0.39, 0.29) is 5.75 Å². The van der Waals surface area contributed by atoms with Gasteiger partial charge in [0, 0.05) is 10.8 Å². The van der Waals surface area contributed by atoms with E-state index >= 15 is 0 Å². The second kappa shape index (κ2) is 3.93. The molecule has 0 atom stereocenters. The molecule has 84 valence electrons. The number of phenolic OH excluding ortho intramolecular Hbond substituents is 1. The Balaban J connectivity index is 2.91. The first-order valence-electron chi connectivity index (χ1n) is 5.02. The second-order valence-corrected chi connectivity index (χ2v) is 3.63. The summed E-state index contributed by atoms with van der Waals surface area (Å²) < 4.78 is 10.6. The Kier molecular flexibility index (Phi) is 2.60. The third-order valence-corrected chi connectivity index (χ3v) is 2.71. The van der Waals surface area contributed by atoms with E-state index < -0.39 is 0 Å². The lowest BCUT2D eigenvalue weighted by molar-refractivity contribution is 0.358. The van der Waals surface area contributed by atoms with Crippen LogP contribution in [0.15, 0.2) is 24.3 Å². The first-order chi connectivity index (χ1) is 7.69. The molecule has 3 heteroatoms. The van der Waals surface area contributed by atoms with Crippen LogP contribution in [0, 0.1) is 6.92 Å². The van der Waals surface area contributed by atoms with Gasteiger partial charge in [-0.3, -0.25) is 0 Å². The van der Waals surface area contributed by atoms with Gasteiger partial charge in [-0.2, -0.15) is 0 Å². The van der Waals surface area contributed by atoms with Crippen LogP contribution < -0.4 is 9.47 Å². The number of hydrogen-bond donors (Lipinski definition) is 1. The lowest BCUT2D eigenvalue weighted by atomic mass is 10.0. The number of aromatic hydroxyl groups is 1.